The van der Waals surface area contributed by atoms with Crippen molar-refractivity contribution in [1.29, 1.82) is 5.26 Å². The summed E-state index contributed by atoms with van der Waals surface area (Å²) < 4.78 is 0. The van der Waals surface area contributed by atoms with Crippen molar-refractivity contribution in [2.45, 2.75) is 19.0 Å². The van der Waals surface area contributed by atoms with Crippen LogP contribution in [0.3, 0.4) is 0 Å². The first-order chi connectivity index (χ1) is 10.7. The molecule has 0 aliphatic carbocycles. The Labute approximate surface area is 131 Å². The molecule has 22 heavy (non-hydrogen) atoms. The summed E-state index contributed by atoms with van der Waals surface area (Å²) in [5.41, 5.74) is 1.06. The van der Waals surface area contributed by atoms with Crippen molar-refractivity contribution < 1.29 is 4.79 Å². The number of carbonyl (C=O) groups is 1. The fourth-order valence-electron chi connectivity index (χ4n) is 2.16. The Morgan fingerprint density at radius 1 is 1.50 bits per heavy atom. The summed E-state index contributed by atoms with van der Waals surface area (Å²) in [5.74, 6) is 0.769. The molecule has 112 valence electrons. The number of nitrogens with one attached hydrogen (secondary N) is 3. The van der Waals surface area contributed by atoms with E-state index < -0.39 is 0 Å². The molecule has 1 amide bonds. The number of amides is 1. The Hall–Kier alpha value is -2.50. The average molecular weight is 314 g/mol. The van der Waals surface area contributed by atoms with Gasteiger partial charge in [0, 0.05) is 31.7 Å². The Balaban J connectivity index is 1.60. The minimum absolute atomic E-state index is 0.0895. The normalized spacial score (nSPS) is 17.0. The van der Waals surface area contributed by atoms with Crippen molar-refractivity contribution >= 4 is 28.2 Å². The van der Waals surface area contributed by atoms with Gasteiger partial charge >= 0.3 is 0 Å². The fraction of sp³-hybridized carbons (Fsp3) is 0.286. The van der Waals surface area contributed by atoms with Crippen molar-refractivity contribution in [1.82, 2.24) is 20.6 Å². The number of hydrogen-bond donors (Lipinski definition) is 3. The van der Waals surface area contributed by atoms with E-state index in [9.17, 15) is 4.79 Å². The van der Waals surface area contributed by atoms with Crippen LogP contribution in [-0.4, -0.2) is 28.5 Å². The van der Waals surface area contributed by atoms with Crippen LogP contribution < -0.4 is 16.0 Å². The van der Waals surface area contributed by atoms with Crippen LogP contribution in [0.15, 0.2) is 24.5 Å². The fourth-order valence-corrected chi connectivity index (χ4v) is 2.78. The van der Waals surface area contributed by atoms with E-state index in [0.717, 1.165) is 5.56 Å². The van der Waals surface area contributed by atoms with Gasteiger partial charge in [0.15, 0.2) is 5.13 Å². The summed E-state index contributed by atoms with van der Waals surface area (Å²) in [4.78, 5) is 20.1. The van der Waals surface area contributed by atoms with E-state index in [-0.39, 0.29) is 11.9 Å². The van der Waals surface area contributed by atoms with Crippen LogP contribution in [0.2, 0.25) is 0 Å². The van der Waals surface area contributed by atoms with Crippen LogP contribution >= 0.6 is 11.3 Å². The molecule has 0 spiro atoms. The maximum atomic E-state index is 11.1. The summed E-state index contributed by atoms with van der Waals surface area (Å²) in [6.07, 6.45) is 3.77. The summed E-state index contributed by atoms with van der Waals surface area (Å²) in [6, 6.07) is 6.07. The summed E-state index contributed by atoms with van der Waals surface area (Å²) in [7, 11) is 0. The number of aromatic nitrogens is 2. The molecule has 3 heterocycles. The quantitative estimate of drug-likeness (QED) is 0.764. The van der Waals surface area contributed by atoms with E-state index in [0.29, 0.717) is 35.3 Å². The highest BCUT2D eigenvalue weighted by Gasteiger charge is 2.20. The van der Waals surface area contributed by atoms with E-state index in [1.165, 1.54) is 17.5 Å². The highest BCUT2D eigenvalue weighted by molar-refractivity contribution is 7.16. The monoisotopic (exact) mass is 314 g/mol. The first-order valence-corrected chi connectivity index (χ1v) is 7.62. The first-order valence-electron chi connectivity index (χ1n) is 6.81. The second kappa shape index (κ2) is 6.51. The molecule has 1 saturated heterocycles. The number of thiazole rings is 1. The third kappa shape index (κ3) is 3.58. The predicted molar refractivity (Wildman–Crippen MR) is 82.6 cm³/mol. The highest BCUT2D eigenvalue weighted by atomic mass is 32.1. The molecule has 1 aliphatic rings. The Kier molecular flexibility index (Phi) is 4.27. The predicted octanol–water partition coefficient (Wildman–Crippen LogP) is 1.13. The molecule has 8 heteroatoms. The molecule has 0 aromatic carbocycles. The van der Waals surface area contributed by atoms with Gasteiger partial charge < -0.3 is 16.0 Å². The molecule has 1 atom stereocenters. The van der Waals surface area contributed by atoms with Crippen LogP contribution in [0.25, 0.3) is 0 Å². The summed E-state index contributed by atoms with van der Waals surface area (Å²) in [6.45, 7) is 1.34. The van der Waals surface area contributed by atoms with E-state index in [1.807, 2.05) is 12.1 Å². The minimum Gasteiger partial charge on any atom is -0.354 e. The molecule has 1 fully saturated rings. The molecule has 1 aliphatic heterocycles. The third-order valence-electron chi connectivity index (χ3n) is 3.25. The van der Waals surface area contributed by atoms with Crippen LogP contribution in [0.4, 0.5) is 10.9 Å². The van der Waals surface area contributed by atoms with Gasteiger partial charge in [0.05, 0.1) is 6.20 Å². The van der Waals surface area contributed by atoms with Gasteiger partial charge in [0.2, 0.25) is 5.91 Å². The molecular formula is C14H14N6OS. The van der Waals surface area contributed by atoms with Gasteiger partial charge in [-0.1, -0.05) is 11.3 Å². The number of anilines is 2. The Morgan fingerprint density at radius 2 is 2.41 bits per heavy atom. The smallest absolute Gasteiger partial charge is 0.221 e. The number of nitrogens with zero attached hydrogens (tertiary/aromatic N) is 3. The Bertz CT molecular complexity index is 722. The first kappa shape index (κ1) is 14.4. The van der Waals surface area contributed by atoms with Crippen molar-refractivity contribution in [3.05, 3.63) is 35.0 Å². The topological polar surface area (TPSA) is 103 Å². The van der Waals surface area contributed by atoms with Crippen molar-refractivity contribution in [2.24, 2.45) is 0 Å². The zero-order valence-electron chi connectivity index (χ0n) is 11.7. The van der Waals surface area contributed by atoms with Gasteiger partial charge in [0.1, 0.15) is 16.8 Å². The molecule has 2 aromatic heterocycles. The molecule has 2 aromatic rings. The van der Waals surface area contributed by atoms with Gasteiger partial charge in [-0.3, -0.25) is 4.79 Å². The van der Waals surface area contributed by atoms with Crippen molar-refractivity contribution in [3.63, 3.8) is 0 Å². The van der Waals surface area contributed by atoms with Gasteiger partial charge in [-0.15, -0.1) is 0 Å². The summed E-state index contributed by atoms with van der Waals surface area (Å²) >= 11 is 1.28. The number of pyridine rings is 1. The zero-order chi connectivity index (χ0) is 15.4. The van der Waals surface area contributed by atoms with E-state index in [1.54, 1.807) is 6.20 Å². The van der Waals surface area contributed by atoms with Crippen molar-refractivity contribution in [3.8, 4) is 6.07 Å². The number of nitriles is 1. The second-order valence-electron chi connectivity index (χ2n) is 4.90. The second-order valence-corrected chi connectivity index (χ2v) is 5.93. The minimum atomic E-state index is 0.0895. The molecule has 0 unspecified atom stereocenters. The van der Waals surface area contributed by atoms with Crippen molar-refractivity contribution in [2.75, 3.05) is 11.9 Å². The number of carbonyl (C=O) groups excluding carboxylic acids is 1. The van der Waals surface area contributed by atoms with Crippen LogP contribution in [-0.2, 0) is 11.3 Å². The molecule has 3 N–H and O–H groups in total. The lowest BCUT2D eigenvalue weighted by atomic mass is 10.2. The van der Waals surface area contributed by atoms with E-state index in [2.05, 4.69) is 32.0 Å². The summed E-state index contributed by atoms with van der Waals surface area (Å²) in [5, 5.41) is 18.7. The lowest BCUT2D eigenvalue weighted by Crippen LogP contribution is -2.30. The molecule has 7 nitrogen and oxygen atoms in total. The molecule has 0 bridgehead atoms. The van der Waals surface area contributed by atoms with E-state index >= 15 is 0 Å². The molecule has 3 rings (SSSR count). The van der Waals surface area contributed by atoms with Crippen LogP contribution in [0.1, 0.15) is 16.9 Å². The van der Waals surface area contributed by atoms with Gasteiger partial charge in [-0.2, -0.15) is 5.26 Å². The third-order valence-corrected chi connectivity index (χ3v) is 4.06. The van der Waals surface area contributed by atoms with E-state index in [4.69, 9.17) is 5.26 Å². The standard InChI is InChI=1S/C14H14N6OS/c15-5-11-8-19-14(22-11)20-12-3-9(1-2-16-12)6-17-10-4-13(21)18-7-10/h1-3,8,10,17H,4,6-7H2,(H,18,21)(H,16,19,20)/t10-/m0/s1. The maximum Gasteiger partial charge on any atom is 0.221 e. The number of hydrogen-bond acceptors (Lipinski definition) is 7. The largest absolute Gasteiger partial charge is 0.354 e. The van der Waals surface area contributed by atoms with Crippen LogP contribution in [0.5, 0.6) is 0 Å². The molecule has 0 radical (unpaired) electrons. The lowest BCUT2D eigenvalue weighted by Gasteiger charge is -2.11. The van der Waals surface area contributed by atoms with Gasteiger partial charge in [-0.05, 0) is 17.7 Å². The van der Waals surface area contributed by atoms with Gasteiger partial charge in [-0.25, -0.2) is 9.97 Å². The molecular weight excluding hydrogens is 300 g/mol. The zero-order valence-corrected chi connectivity index (χ0v) is 12.5. The highest BCUT2D eigenvalue weighted by Crippen LogP contribution is 2.21. The lowest BCUT2D eigenvalue weighted by molar-refractivity contribution is -0.119. The maximum absolute atomic E-state index is 11.1. The number of rotatable bonds is 5. The SMILES string of the molecule is N#Cc1cnc(Nc2cc(CN[C@@H]3CNC(=O)C3)ccn2)s1. The Morgan fingerprint density at radius 3 is 3.14 bits per heavy atom. The van der Waals surface area contributed by atoms with Gasteiger partial charge in [0.25, 0.3) is 0 Å². The van der Waals surface area contributed by atoms with Crippen LogP contribution in [0, 0.1) is 11.3 Å². The average Bonchev–Trinajstić information content (AvgIpc) is 3.14. The molecule has 0 saturated carbocycles.